The molecule has 0 aromatic carbocycles. The first-order valence-electron chi connectivity index (χ1n) is 4.72. The monoisotopic (exact) mass is 229 g/mol. The lowest BCUT2D eigenvalue weighted by Crippen LogP contribution is -2.05. The summed E-state index contributed by atoms with van der Waals surface area (Å²) in [7, 11) is 3.00. The van der Waals surface area contributed by atoms with Crippen molar-refractivity contribution in [3.05, 3.63) is 15.6 Å². The van der Waals surface area contributed by atoms with E-state index < -0.39 is 0 Å². The van der Waals surface area contributed by atoms with E-state index in [1.165, 1.54) is 18.4 Å². The third-order valence-corrected chi connectivity index (χ3v) is 3.19. The molecule has 0 aliphatic rings. The van der Waals surface area contributed by atoms with E-state index in [-0.39, 0.29) is 12.1 Å². The van der Waals surface area contributed by atoms with E-state index in [2.05, 4.69) is 9.72 Å². The summed E-state index contributed by atoms with van der Waals surface area (Å²) in [5.74, 6) is -0.388. The fourth-order valence-corrected chi connectivity index (χ4v) is 2.35. The topological polar surface area (TPSA) is 48.4 Å². The molecule has 1 rings (SSSR count). The van der Waals surface area contributed by atoms with E-state index in [1.54, 1.807) is 7.11 Å². The normalized spacial score (nSPS) is 12.5. The lowest BCUT2D eigenvalue weighted by Gasteiger charge is -2.08. The maximum Gasteiger partial charge on any atom is 0.357 e. The van der Waals surface area contributed by atoms with E-state index in [9.17, 15) is 4.79 Å². The minimum absolute atomic E-state index is 0.0351. The highest BCUT2D eigenvalue weighted by atomic mass is 32.1. The second kappa shape index (κ2) is 5.23. The number of thiazole rings is 1. The van der Waals surface area contributed by atoms with E-state index in [0.29, 0.717) is 5.69 Å². The van der Waals surface area contributed by atoms with Crippen LogP contribution in [0.15, 0.2) is 0 Å². The summed E-state index contributed by atoms with van der Waals surface area (Å²) >= 11 is 1.48. The van der Waals surface area contributed by atoms with E-state index in [0.717, 1.165) is 16.3 Å². The van der Waals surface area contributed by atoms with Crippen LogP contribution in [0.4, 0.5) is 0 Å². The maximum atomic E-state index is 11.3. The lowest BCUT2D eigenvalue weighted by atomic mass is 10.3. The predicted octanol–water partition coefficient (Wildman–Crippen LogP) is 2.34. The SMILES string of the molecule is CCC(OC)c1nc(C(=O)OC)c(C)s1. The highest BCUT2D eigenvalue weighted by Crippen LogP contribution is 2.27. The molecule has 0 amide bonds. The summed E-state index contributed by atoms with van der Waals surface area (Å²) in [4.78, 5) is 16.4. The van der Waals surface area contributed by atoms with Crippen LogP contribution in [-0.2, 0) is 9.47 Å². The van der Waals surface area contributed by atoms with Crippen LogP contribution in [0, 0.1) is 6.92 Å². The number of carbonyl (C=O) groups is 1. The van der Waals surface area contributed by atoms with Crippen LogP contribution >= 0.6 is 11.3 Å². The summed E-state index contributed by atoms with van der Waals surface area (Å²) in [6, 6.07) is 0. The third-order valence-electron chi connectivity index (χ3n) is 2.12. The molecule has 0 bridgehead atoms. The zero-order chi connectivity index (χ0) is 11.4. The van der Waals surface area contributed by atoms with Crippen LogP contribution < -0.4 is 0 Å². The third kappa shape index (κ3) is 2.54. The summed E-state index contributed by atoms with van der Waals surface area (Å²) in [5, 5.41) is 0.831. The molecule has 0 spiro atoms. The Morgan fingerprint density at radius 2 is 2.20 bits per heavy atom. The smallest absolute Gasteiger partial charge is 0.357 e. The Bertz CT molecular complexity index is 344. The summed E-state index contributed by atoms with van der Waals surface area (Å²) in [6.45, 7) is 3.87. The second-order valence-electron chi connectivity index (χ2n) is 3.08. The number of nitrogens with zero attached hydrogens (tertiary/aromatic N) is 1. The van der Waals surface area contributed by atoms with Gasteiger partial charge in [0.15, 0.2) is 5.69 Å². The first-order chi connectivity index (χ1) is 7.13. The average molecular weight is 229 g/mol. The van der Waals surface area contributed by atoms with Gasteiger partial charge in [0.2, 0.25) is 0 Å². The number of rotatable bonds is 4. The minimum Gasteiger partial charge on any atom is -0.464 e. The molecular formula is C10H15NO3S. The van der Waals surface area contributed by atoms with Crippen molar-refractivity contribution in [3.8, 4) is 0 Å². The van der Waals surface area contributed by atoms with Gasteiger partial charge in [-0.25, -0.2) is 9.78 Å². The Labute approximate surface area is 93.2 Å². The van der Waals surface area contributed by atoms with Crippen molar-refractivity contribution in [1.29, 1.82) is 0 Å². The van der Waals surface area contributed by atoms with Crippen LogP contribution in [0.5, 0.6) is 0 Å². The Morgan fingerprint density at radius 3 is 2.67 bits per heavy atom. The molecule has 0 fully saturated rings. The van der Waals surface area contributed by atoms with Crippen molar-refractivity contribution < 1.29 is 14.3 Å². The molecule has 1 atom stereocenters. The maximum absolute atomic E-state index is 11.3. The molecule has 5 heteroatoms. The Kier molecular flexibility index (Phi) is 4.23. The van der Waals surface area contributed by atoms with Crippen molar-refractivity contribution in [2.45, 2.75) is 26.4 Å². The van der Waals surface area contributed by atoms with Crippen LogP contribution in [0.3, 0.4) is 0 Å². The highest BCUT2D eigenvalue weighted by Gasteiger charge is 2.19. The first kappa shape index (κ1) is 12.1. The average Bonchev–Trinajstić information content (AvgIpc) is 2.61. The Balaban J connectivity index is 2.99. The molecular weight excluding hydrogens is 214 g/mol. The molecule has 0 aliphatic heterocycles. The predicted molar refractivity (Wildman–Crippen MR) is 58.2 cm³/mol. The van der Waals surface area contributed by atoms with E-state index in [1.807, 2.05) is 13.8 Å². The standard InChI is InChI=1S/C10H15NO3S/c1-5-7(13-3)9-11-8(6(2)15-9)10(12)14-4/h7H,5H2,1-4H3. The number of hydrogen-bond donors (Lipinski definition) is 0. The number of aromatic nitrogens is 1. The van der Waals surface area contributed by atoms with Gasteiger partial charge in [0.05, 0.1) is 7.11 Å². The van der Waals surface area contributed by atoms with Crippen molar-refractivity contribution in [3.63, 3.8) is 0 Å². The van der Waals surface area contributed by atoms with Crippen LogP contribution in [-0.4, -0.2) is 25.2 Å². The van der Waals surface area contributed by atoms with Gasteiger partial charge in [-0.1, -0.05) is 6.92 Å². The van der Waals surface area contributed by atoms with Gasteiger partial charge in [0.25, 0.3) is 0 Å². The van der Waals surface area contributed by atoms with E-state index >= 15 is 0 Å². The largest absolute Gasteiger partial charge is 0.464 e. The van der Waals surface area contributed by atoms with Gasteiger partial charge >= 0.3 is 5.97 Å². The first-order valence-corrected chi connectivity index (χ1v) is 5.54. The fourth-order valence-electron chi connectivity index (χ4n) is 1.28. The van der Waals surface area contributed by atoms with Crippen molar-refractivity contribution in [2.75, 3.05) is 14.2 Å². The molecule has 0 saturated carbocycles. The number of esters is 1. The summed E-state index contributed by atoms with van der Waals surface area (Å²) in [5.41, 5.74) is 0.396. The fraction of sp³-hybridized carbons (Fsp3) is 0.600. The highest BCUT2D eigenvalue weighted by molar-refractivity contribution is 7.11. The van der Waals surface area contributed by atoms with Crippen LogP contribution in [0.2, 0.25) is 0 Å². The molecule has 1 aromatic heterocycles. The van der Waals surface area contributed by atoms with Gasteiger partial charge in [-0.2, -0.15) is 0 Å². The van der Waals surface area contributed by atoms with Gasteiger partial charge in [-0.3, -0.25) is 0 Å². The molecule has 0 N–H and O–H groups in total. The zero-order valence-corrected chi connectivity index (χ0v) is 10.2. The number of carbonyl (C=O) groups excluding carboxylic acids is 1. The lowest BCUT2D eigenvalue weighted by molar-refractivity contribution is 0.0592. The Morgan fingerprint density at radius 1 is 1.53 bits per heavy atom. The molecule has 1 aromatic rings. The second-order valence-corrected chi connectivity index (χ2v) is 4.32. The van der Waals surface area contributed by atoms with E-state index in [4.69, 9.17) is 4.74 Å². The van der Waals surface area contributed by atoms with Crippen LogP contribution in [0.1, 0.15) is 39.8 Å². The van der Waals surface area contributed by atoms with Crippen molar-refractivity contribution in [2.24, 2.45) is 0 Å². The molecule has 0 saturated heterocycles. The number of methoxy groups -OCH3 is 2. The zero-order valence-electron chi connectivity index (χ0n) is 9.36. The Hall–Kier alpha value is -0.940. The number of ether oxygens (including phenoxy) is 2. The molecule has 1 heterocycles. The molecule has 84 valence electrons. The quantitative estimate of drug-likeness (QED) is 0.743. The summed E-state index contributed by atoms with van der Waals surface area (Å²) < 4.78 is 9.90. The molecule has 0 aliphatic carbocycles. The molecule has 0 radical (unpaired) electrons. The van der Waals surface area contributed by atoms with Gasteiger partial charge < -0.3 is 9.47 Å². The van der Waals surface area contributed by atoms with Gasteiger partial charge in [-0.15, -0.1) is 11.3 Å². The van der Waals surface area contributed by atoms with Gasteiger partial charge in [-0.05, 0) is 13.3 Å². The van der Waals surface area contributed by atoms with Gasteiger partial charge in [0.1, 0.15) is 11.1 Å². The molecule has 15 heavy (non-hydrogen) atoms. The number of hydrogen-bond acceptors (Lipinski definition) is 5. The molecule has 4 nitrogen and oxygen atoms in total. The number of aryl methyl sites for hydroxylation is 1. The van der Waals surface area contributed by atoms with Gasteiger partial charge in [0, 0.05) is 12.0 Å². The minimum atomic E-state index is -0.388. The van der Waals surface area contributed by atoms with Crippen LogP contribution in [0.25, 0.3) is 0 Å². The van der Waals surface area contributed by atoms with Crippen molar-refractivity contribution >= 4 is 17.3 Å². The van der Waals surface area contributed by atoms with Crippen molar-refractivity contribution in [1.82, 2.24) is 4.98 Å². The summed E-state index contributed by atoms with van der Waals surface area (Å²) in [6.07, 6.45) is 0.802. The molecule has 1 unspecified atom stereocenters.